The van der Waals surface area contributed by atoms with Gasteiger partial charge in [-0.25, -0.2) is 4.98 Å². The lowest BCUT2D eigenvalue weighted by Gasteiger charge is -2.13. The van der Waals surface area contributed by atoms with E-state index in [1.54, 1.807) is 43.7 Å². The predicted molar refractivity (Wildman–Crippen MR) is 134 cm³/mol. The minimum Gasteiger partial charge on any atom is -0.493 e. The Kier molecular flexibility index (Phi) is 8.72. The van der Waals surface area contributed by atoms with Crippen molar-refractivity contribution in [2.45, 2.75) is 20.1 Å². The third-order valence-corrected chi connectivity index (χ3v) is 5.53. The van der Waals surface area contributed by atoms with E-state index in [0.29, 0.717) is 32.9 Å². The molecule has 1 N–H and O–H groups in total. The lowest BCUT2D eigenvalue weighted by molar-refractivity contribution is -0.384. The molecule has 0 fully saturated rings. The Labute approximate surface area is 210 Å². The van der Waals surface area contributed by atoms with Crippen LogP contribution in [0.1, 0.15) is 27.9 Å². The summed E-state index contributed by atoms with van der Waals surface area (Å²) in [5.41, 5.74) is 6.13. The second kappa shape index (κ2) is 11.9. The monoisotopic (exact) mass is 539 g/mol. The second-order valence-electron chi connectivity index (χ2n) is 7.30. The number of nitriles is 1. The summed E-state index contributed by atoms with van der Waals surface area (Å²) in [6, 6.07) is 13.6. The number of halogens is 1. The minimum absolute atomic E-state index is 0.0176. The van der Waals surface area contributed by atoms with Gasteiger partial charge in [-0.05, 0) is 58.7 Å². The first-order chi connectivity index (χ1) is 16.9. The molecule has 0 atom stereocenters. The van der Waals surface area contributed by atoms with Crippen molar-refractivity contribution in [3.63, 3.8) is 0 Å². The highest BCUT2D eigenvalue weighted by Gasteiger charge is 2.13. The molecular formula is C24H22BrN5O5. The van der Waals surface area contributed by atoms with Gasteiger partial charge >= 0.3 is 0 Å². The first kappa shape index (κ1) is 25.6. The van der Waals surface area contributed by atoms with Gasteiger partial charge in [0.05, 0.1) is 24.9 Å². The SMILES string of the molecule is COCc1cc(C)nc(NN=Cc2cc(OC)c(OCc3ccc([N+](=O)[O-])cc3)cc2Br)c1C#N. The van der Waals surface area contributed by atoms with E-state index in [0.717, 1.165) is 16.8 Å². The highest BCUT2D eigenvalue weighted by atomic mass is 79.9. The molecule has 3 rings (SSSR count). The van der Waals surface area contributed by atoms with E-state index in [-0.39, 0.29) is 18.9 Å². The summed E-state index contributed by atoms with van der Waals surface area (Å²) in [5, 5.41) is 24.6. The fraction of sp³-hybridized carbons (Fsp3) is 0.208. The molecular weight excluding hydrogens is 518 g/mol. The van der Waals surface area contributed by atoms with Crippen molar-refractivity contribution in [1.82, 2.24) is 4.98 Å². The number of nitrogens with zero attached hydrogens (tertiary/aromatic N) is 4. The molecule has 0 saturated carbocycles. The Morgan fingerprint density at radius 3 is 2.57 bits per heavy atom. The number of ether oxygens (including phenoxy) is 3. The van der Waals surface area contributed by atoms with Crippen molar-refractivity contribution in [1.29, 1.82) is 5.26 Å². The number of hydrogen-bond donors (Lipinski definition) is 1. The van der Waals surface area contributed by atoms with E-state index >= 15 is 0 Å². The number of nitrogens with one attached hydrogen (secondary N) is 1. The molecule has 180 valence electrons. The van der Waals surface area contributed by atoms with E-state index in [4.69, 9.17) is 14.2 Å². The van der Waals surface area contributed by atoms with Gasteiger partial charge in [0, 0.05) is 40.5 Å². The fourth-order valence-corrected chi connectivity index (χ4v) is 3.60. The van der Waals surface area contributed by atoms with E-state index < -0.39 is 4.92 Å². The molecule has 10 nitrogen and oxygen atoms in total. The van der Waals surface area contributed by atoms with Gasteiger partial charge in [0.1, 0.15) is 18.2 Å². The highest BCUT2D eigenvalue weighted by Crippen LogP contribution is 2.33. The molecule has 0 aliphatic carbocycles. The van der Waals surface area contributed by atoms with Crippen molar-refractivity contribution in [2.24, 2.45) is 5.10 Å². The molecule has 0 bridgehead atoms. The molecule has 0 amide bonds. The number of nitro groups is 1. The lowest BCUT2D eigenvalue weighted by atomic mass is 10.1. The Morgan fingerprint density at radius 2 is 1.94 bits per heavy atom. The number of non-ortho nitro benzene ring substituents is 1. The third kappa shape index (κ3) is 6.53. The molecule has 35 heavy (non-hydrogen) atoms. The summed E-state index contributed by atoms with van der Waals surface area (Å²) in [7, 11) is 3.08. The summed E-state index contributed by atoms with van der Waals surface area (Å²) in [6.45, 7) is 2.32. The van der Waals surface area contributed by atoms with Gasteiger partial charge in [-0.1, -0.05) is 0 Å². The number of methoxy groups -OCH3 is 2. The maximum atomic E-state index is 10.8. The highest BCUT2D eigenvalue weighted by molar-refractivity contribution is 9.10. The van der Waals surface area contributed by atoms with Gasteiger partial charge < -0.3 is 14.2 Å². The minimum atomic E-state index is -0.450. The van der Waals surface area contributed by atoms with Crippen LogP contribution in [0.2, 0.25) is 0 Å². The van der Waals surface area contributed by atoms with Gasteiger partial charge in [-0.2, -0.15) is 10.4 Å². The standard InChI is InChI=1S/C24H22BrN5O5/c1-15-8-18(14-33-2)20(11-26)24(28-15)29-27-12-17-9-22(34-3)23(10-21(17)25)35-13-16-4-6-19(7-5-16)30(31)32/h4-10,12H,13-14H2,1-3H3,(H,28,29). The van der Waals surface area contributed by atoms with Crippen molar-refractivity contribution in [3.8, 4) is 17.6 Å². The first-order valence-electron chi connectivity index (χ1n) is 10.3. The third-order valence-electron chi connectivity index (χ3n) is 4.84. The molecule has 2 aromatic carbocycles. The van der Waals surface area contributed by atoms with E-state index in [1.807, 2.05) is 6.92 Å². The number of pyridine rings is 1. The van der Waals surface area contributed by atoms with Crippen LogP contribution in [0.4, 0.5) is 11.5 Å². The van der Waals surface area contributed by atoms with E-state index in [2.05, 4.69) is 37.5 Å². The van der Waals surface area contributed by atoms with Crippen LogP contribution in [-0.2, 0) is 18.0 Å². The Balaban J connectivity index is 1.76. The molecule has 11 heteroatoms. The van der Waals surface area contributed by atoms with Crippen LogP contribution in [0.3, 0.4) is 0 Å². The molecule has 0 saturated heterocycles. The number of rotatable bonds is 10. The smallest absolute Gasteiger partial charge is 0.269 e. The van der Waals surface area contributed by atoms with Crippen LogP contribution < -0.4 is 14.9 Å². The summed E-state index contributed by atoms with van der Waals surface area (Å²) in [4.78, 5) is 14.7. The van der Waals surface area contributed by atoms with Gasteiger partial charge in [-0.15, -0.1) is 0 Å². The molecule has 1 heterocycles. The van der Waals surface area contributed by atoms with Gasteiger partial charge in [0.15, 0.2) is 17.3 Å². The number of anilines is 1. The predicted octanol–water partition coefficient (Wildman–Crippen LogP) is 5.11. The molecule has 3 aromatic rings. The van der Waals surface area contributed by atoms with Crippen LogP contribution >= 0.6 is 15.9 Å². The Bertz CT molecular complexity index is 1290. The van der Waals surface area contributed by atoms with Gasteiger partial charge in [0.25, 0.3) is 5.69 Å². The number of nitro benzene ring substituents is 1. The molecule has 1 aromatic heterocycles. The molecule has 0 radical (unpaired) electrons. The maximum absolute atomic E-state index is 10.8. The maximum Gasteiger partial charge on any atom is 0.269 e. The average Bonchev–Trinajstić information content (AvgIpc) is 2.84. The molecule has 0 unspecified atom stereocenters. The summed E-state index contributed by atoms with van der Waals surface area (Å²) in [5.74, 6) is 1.30. The fourth-order valence-electron chi connectivity index (χ4n) is 3.18. The zero-order chi connectivity index (χ0) is 25.4. The zero-order valence-electron chi connectivity index (χ0n) is 19.2. The lowest BCUT2D eigenvalue weighted by Crippen LogP contribution is -2.04. The Hall–Kier alpha value is -4.01. The summed E-state index contributed by atoms with van der Waals surface area (Å²) in [6.07, 6.45) is 1.56. The zero-order valence-corrected chi connectivity index (χ0v) is 20.8. The van der Waals surface area contributed by atoms with Crippen LogP contribution in [0.5, 0.6) is 11.5 Å². The molecule has 0 aliphatic heterocycles. The van der Waals surface area contributed by atoms with Crippen LogP contribution in [0.25, 0.3) is 0 Å². The second-order valence-corrected chi connectivity index (χ2v) is 8.15. The normalized spacial score (nSPS) is 10.7. The topological polar surface area (TPSA) is 132 Å². The number of aryl methyl sites for hydroxylation is 1. The Morgan fingerprint density at radius 1 is 1.20 bits per heavy atom. The van der Waals surface area contributed by atoms with Gasteiger partial charge in [0.2, 0.25) is 0 Å². The quantitative estimate of drug-likeness (QED) is 0.213. The number of benzene rings is 2. The van der Waals surface area contributed by atoms with Crippen LogP contribution in [-0.4, -0.2) is 30.3 Å². The number of hydrazone groups is 1. The van der Waals surface area contributed by atoms with E-state index in [1.165, 1.54) is 19.2 Å². The average molecular weight is 540 g/mol. The van der Waals surface area contributed by atoms with Gasteiger partial charge in [-0.3, -0.25) is 15.5 Å². The van der Waals surface area contributed by atoms with Crippen molar-refractivity contribution in [2.75, 3.05) is 19.6 Å². The summed E-state index contributed by atoms with van der Waals surface area (Å²) >= 11 is 3.51. The molecule has 0 aliphatic rings. The van der Waals surface area contributed by atoms with Crippen LogP contribution in [0.15, 0.2) is 52.0 Å². The van der Waals surface area contributed by atoms with Crippen molar-refractivity contribution in [3.05, 3.63) is 85.0 Å². The number of aromatic nitrogens is 1. The largest absolute Gasteiger partial charge is 0.493 e. The van der Waals surface area contributed by atoms with E-state index in [9.17, 15) is 15.4 Å². The van der Waals surface area contributed by atoms with Crippen molar-refractivity contribution < 1.29 is 19.1 Å². The van der Waals surface area contributed by atoms with Crippen LogP contribution in [0, 0.1) is 28.4 Å². The number of hydrogen-bond acceptors (Lipinski definition) is 9. The molecule has 0 spiro atoms. The van der Waals surface area contributed by atoms with Crippen molar-refractivity contribution >= 4 is 33.6 Å². The first-order valence-corrected chi connectivity index (χ1v) is 11.1. The summed E-state index contributed by atoms with van der Waals surface area (Å²) < 4.78 is 17.2.